The molecule has 31 heavy (non-hydrogen) atoms. The van der Waals surface area contributed by atoms with Crippen molar-refractivity contribution in [3.63, 3.8) is 0 Å². The van der Waals surface area contributed by atoms with Crippen molar-refractivity contribution in [2.75, 3.05) is 5.75 Å². The van der Waals surface area contributed by atoms with Gasteiger partial charge in [0.15, 0.2) is 0 Å². The van der Waals surface area contributed by atoms with Crippen LogP contribution >= 0.6 is 0 Å². The summed E-state index contributed by atoms with van der Waals surface area (Å²) in [6.07, 6.45) is 5.68. The molecule has 1 amide bonds. The maximum atomic E-state index is 13.2. The van der Waals surface area contributed by atoms with Gasteiger partial charge in [-0.25, -0.2) is 13.4 Å². The predicted octanol–water partition coefficient (Wildman–Crippen LogP) is 2.83. The van der Waals surface area contributed by atoms with Gasteiger partial charge in [0.25, 0.3) is 0 Å². The van der Waals surface area contributed by atoms with E-state index < -0.39 is 16.1 Å². The van der Waals surface area contributed by atoms with Gasteiger partial charge in [0.05, 0.1) is 18.1 Å². The third-order valence-electron chi connectivity index (χ3n) is 5.78. The van der Waals surface area contributed by atoms with Crippen molar-refractivity contribution in [3.05, 3.63) is 83.9 Å². The van der Waals surface area contributed by atoms with Crippen LogP contribution in [0, 0.1) is 0 Å². The van der Waals surface area contributed by atoms with Gasteiger partial charge in [0, 0.05) is 24.6 Å². The number of carbonyl (C=O) groups is 1. The van der Waals surface area contributed by atoms with Crippen molar-refractivity contribution in [2.45, 2.75) is 38.9 Å². The topological polar surface area (TPSA) is 84.3 Å². The lowest BCUT2D eigenvalue weighted by atomic mass is 9.95. The highest BCUT2D eigenvalue weighted by atomic mass is 32.2. The zero-order chi connectivity index (χ0) is 22.0. The standard InChI is InChI=1S/C23H26N4O3S/c1-3-31(29,30)27-15-20-7-5-4-6-19(20)14-22(27)23(28)25-17(2)18-8-10-21(11-9-18)26-13-12-24-16-26/h4-13,16-17,22H,3,14-15H2,1-2H3,(H,25,28)/t17-,22+/m0/s1. The molecule has 8 heteroatoms. The molecule has 0 saturated carbocycles. The van der Waals surface area contributed by atoms with E-state index in [-0.39, 0.29) is 24.2 Å². The van der Waals surface area contributed by atoms with E-state index in [0.717, 1.165) is 22.4 Å². The minimum atomic E-state index is -3.53. The summed E-state index contributed by atoms with van der Waals surface area (Å²) >= 11 is 0. The van der Waals surface area contributed by atoms with E-state index in [1.807, 2.05) is 66.2 Å². The van der Waals surface area contributed by atoms with Crippen molar-refractivity contribution >= 4 is 15.9 Å². The Morgan fingerprint density at radius 3 is 2.52 bits per heavy atom. The number of benzene rings is 2. The van der Waals surface area contributed by atoms with Crippen molar-refractivity contribution in [3.8, 4) is 5.69 Å². The molecule has 2 atom stereocenters. The largest absolute Gasteiger partial charge is 0.348 e. The number of hydrogen-bond acceptors (Lipinski definition) is 4. The third-order valence-corrected chi connectivity index (χ3v) is 7.61. The molecule has 0 aliphatic carbocycles. The highest BCUT2D eigenvalue weighted by Crippen LogP contribution is 2.27. The molecule has 1 aliphatic rings. The molecule has 1 aromatic heterocycles. The van der Waals surface area contributed by atoms with Crippen LogP contribution in [-0.4, -0.2) is 40.0 Å². The normalized spacial score (nSPS) is 17.7. The Balaban J connectivity index is 1.53. The van der Waals surface area contributed by atoms with Gasteiger partial charge in [0.1, 0.15) is 6.04 Å². The second-order valence-corrected chi connectivity index (χ2v) is 9.94. The molecular formula is C23H26N4O3S. The first-order chi connectivity index (χ1) is 14.9. The summed E-state index contributed by atoms with van der Waals surface area (Å²) in [6.45, 7) is 3.73. The van der Waals surface area contributed by atoms with Gasteiger partial charge in [-0.3, -0.25) is 4.79 Å². The number of rotatable bonds is 6. The molecule has 1 N–H and O–H groups in total. The lowest BCUT2D eigenvalue weighted by Crippen LogP contribution is -2.53. The third kappa shape index (κ3) is 4.40. The number of sulfonamides is 1. The van der Waals surface area contributed by atoms with Crippen LogP contribution in [0.1, 0.15) is 36.6 Å². The number of amides is 1. The molecule has 0 spiro atoms. The fourth-order valence-electron chi connectivity index (χ4n) is 3.92. The summed E-state index contributed by atoms with van der Waals surface area (Å²) in [7, 11) is -3.53. The number of carbonyl (C=O) groups excluding carboxylic acids is 1. The smallest absolute Gasteiger partial charge is 0.239 e. The van der Waals surface area contributed by atoms with E-state index in [1.54, 1.807) is 19.4 Å². The van der Waals surface area contributed by atoms with E-state index >= 15 is 0 Å². The predicted molar refractivity (Wildman–Crippen MR) is 119 cm³/mol. The molecule has 2 aromatic carbocycles. The maximum absolute atomic E-state index is 13.2. The van der Waals surface area contributed by atoms with Crippen molar-refractivity contribution < 1.29 is 13.2 Å². The molecule has 3 aromatic rings. The van der Waals surface area contributed by atoms with Crippen LogP contribution in [0.4, 0.5) is 0 Å². The summed E-state index contributed by atoms with van der Waals surface area (Å²) in [5, 5.41) is 3.01. The van der Waals surface area contributed by atoms with Gasteiger partial charge < -0.3 is 9.88 Å². The van der Waals surface area contributed by atoms with E-state index in [0.29, 0.717) is 6.42 Å². The summed E-state index contributed by atoms with van der Waals surface area (Å²) in [4.78, 5) is 17.2. The average Bonchev–Trinajstić information content (AvgIpc) is 3.33. The Morgan fingerprint density at radius 2 is 1.87 bits per heavy atom. The fraction of sp³-hybridized carbons (Fsp3) is 0.304. The Labute approximate surface area is 182 Å². The summed E-state index contributed by atoms with van der Waals surface area (Å²) in [5.41, 5.74) is 3.89. The first-order valence-electron chi connectivity index (χ1n) is 10.3. The van der Waals surface area contributed by atoms with Crippen molar-refractivity contribution in [1.29, 1.82) is 0 Å². The van der Waals surface area contributed by atoms with Gasteiger partial charge in [-0.2, -0.15) is 4.31 Å². The summed E-state index contributed by atoms with van der Waals surface area (Å²) in [6, 6.07) is 14.5. The Bertz CT molecular complexity index is 1160. The second kappa shape index (κ2) is 8.64. The summed E-state index contributed by atoms with van der Waals surface area (Å²) in [5.74, 6) is -0.317. The van der Waals surface area contributed by atoms with Crippen molar-refractivity contribution in [1.82, 2.24) is 19.2 Å². The Morgan fingerprint density at radius 1 is 1.16 bits per heavy atom. The van der Waals surface area contributed by atoms with Gasteiger partial charge in [-0.1, -0.05) is 36.4 Å². The lowest BCUT2D eigenvalue weighted by Gasteiger charge is -2.35. The quantitative estimate of drug-likeness (QED) is 0.641. The number of imidazole rings is 1. The minimum absolute atomic E-state index is 0.0375. The number of nitrogens with zero attached hydrogens (tertiary/aromatic N) is 3. The molecule has 4 rings (SSSR count). The molecular weight excluding hydrogens is 412 g/mol. The zero-order valence-electron chi connectivity index (χ0n) is 17.6. The average molecular weight is 439 g/mol. The minimum Gasteiger partial charge on any atom is -0.348 e. The molecule has 1 aliphatic heterocycles. The lowest BCUT2D eigenvalue weighted by molar-refractivity contribution is -0.125. The van der Waals surface area contributed by atoms with Crippen LogP contribution in [0.15, 0.2) is 67.3 Å². The van der Waals surface area contributed by atoms with Crippen molar-refractivity contribution in [2.24, 2.45) is 0 Å². The van der Waals surface area contributed by atoms with Gasteiger partial charge in [-0.05, 0) is 49.1 Å². The van der Waals surface area contributed by atoms with Crippen LogP contribution in [0.25, 0.3) is 5.69 Å². The number of fused-ring (bicyclic) bond motifs is 1. The monoisotopic (exact) mass is 438 g/mol. The van der Waals surface area contributed by atoms with Crippen LogP contribution in [0.2, 0.25) is 0 Å². The SMILES string of the molecule is CCS(=O)(=O)N1Cc2ccccc2C[C@@H]1C(=O)N[C@@H](C)c1ccc(-n2ccnc2)cc1. The van der Waals surface area contributed by atoms with Gasteiger partial charge in [-0.15, -0.1) is 0 Å². The number of nitrogens with one attached hydrogen (secondary N) is 1. The highest BCUT2D eigenvalue weighted by molar-refractivity contribution is 7.89. The van der Waals surface area contributed by atoms with Crippen LogP contribution in [0.3, 0.4) is 0 Å². The molecule has 0 fully saturated rings. The van der Waals surface area contributed by atoms with Gasteiger partial charge >= 0.3 is 0 Å². The van der Waals surface area contributed by atoms with Crippen LogP contribution in [0.5, 0.6) is 0 Å². The first kappa shape index (κ1) is 21.3. The Kier molecular flexibility index (Phi) is 5.93. The van der Waals surface area contributed by atoms with Crippen LogP contribution < -0.4 is 5.32 Å². The molecule has 0 saturated heterocycles. The zero-order valence-corrected chi connectivity index (χ0v) is 18.4. The molecule has 0 bridgehead atoms. The molecule has 7 nitrogen and oxygen atoms in total. The highest BCUT2D eigenvalue weighted by Gasteiger charge is 2.38. The molecule has 162 valence electrons. The summed E-state index contributed by atoms with van der Waals surface area (Å²) < 4.78 is 28.7. The second-order valence-electron chi connectivity index (χ2n) is 7.73. The maximum Gasteiger partial charge on any atom is 0.239 e. The van der Waals surface area contributed by atoms with Gasteiger partial charge in [0.2, 0.25) is 15.9 Å². The van der Waals surface area contributed by atoms with E-state index in [4.69, 9.17) is 0 Å². The van der Waals surface area contributed by atoms with E-state index in [9.17, 15) is 13.2 Å². The number of aromatic nitrogens is 2. The molecule has 0 unspecified atom stereocenters. The van der Waals surface area contributed by atoms with E-state index in [2.05, 4.69) is 10.3 Å². The molecule has 2 heterocycles. The molecule has 0 radical (unpaired) electrons. The number of hydrogen-bond donors (Lipinski definition) is 1. The fourth-order valence-corrected chi connectivity index (χ4v) is 5.15. The van der Waals surface area contributed by atoms with E-state index in [1.165, 1.54) is 4.31 Å². The first-order valence-corrected chi connectivity index (χ1v) is 11.9. The van der Waals surface area contributed by atoms with Crippen LogP contribution in [-0.2, 0) is 27.8 Å². The Hall–Kier alpha value is -2.97.